The van der Waals surface area contributed by atoms with Crippen LogP contribution in [0.5, 0.6) is 0 Å². The third kappa shape index (κ3) is 7.69. The Morgan fingerprint density at radius 2 is 1.81 bits per heavy atom. The molecule has 3 heterocycles. The van der Waals surface area contributed by atoms with Gasteiger partial charge in [-0.1, -0.05) is 30.3 Å². The second kappa shape index (κ2) is 12.7. The molecule has 4 rings (SSSR count). The molecule has 1 aromatic carbocycles. The standard InChI is InChI=1S/C30H36N6O5S/c1-19-18-42-25(32-19)23-12-9-15-36(23)26(38)21-13-14-31-22(16-21)24(37)34-35-27(39)30(5,17-20-10-7-6-8-11-20)41-28(40)33-29(2,3)4/h6-8,10-11,13-14,16,18,23H,9,12,15,17H2,1-5H3,(H,33,40)(H,34,37)(H,35,39)/t23-,30-/m1/s1. The minimum Gasteiger partial charge on any atom is -0.433 e. The molecule has 0 saturated carbocycles. The number of hydrogen-bond donors (Lipinski definition) is 3. The zero-order chi connectivity index (χ0) is 30.5. The maximum Gasteiger partial charge on any atom is 0.408 e. The lowest BCUT2D eigenvalue weighted by Crippen LogP contribution is -2.56. The van der Waals surface area contributed by atoms with E-state index < -0.39 is 29.0 Å². The Labute approximate surface area is 249 Å². The number of hydrogen-bond acceptors (Lipinski definition) is 8. The molecule has 4 amide bonds. The number of hydrazine groups is 1. The fourth-order valence-electron chi connectivity index (χ4n) is 4.64. The van der Waals surface area contributed by atoms with Crippen LogP contribution in [-0.2, 0) is 16.0 Å². The summed E-state index contributed by atoms with van der Waals surface area (Å²) >= 11 is 1.53. The van der Waals surface area contributed by atoms with Gasteiger partial charge in [0.25, 0.3) is 17.7 Å². The van der Waals surface area contributed by atoms with E-state index in [1.807, 2.05) is 42.6 Å². The average molecular weight is 593 g/mol. The van der Waals surface area contributed by atoms with Gasteiger partial charge in [-0.05, 0) is 65.2 Å². The molecule has 12 heteroatoms. The fourth-order valence-corrected chi connectivity index (χ4v) is 5.58. The second-order valence-corrected chi connectivity index (χ2v) is 12.4. The summed E-state index contributed by atoms with van der Waals surface area (Å²) in [5, 5.41) is 5.54. The Hall–Kier alpha value is -4.32. The summed E-state index contributed by atoms with van der Waals surface area (Å²) in [5.74, 6) is -1.69. The van der Waals surface area contributed by atoms with E-state index in [9.17, 15) is 19.2 Å². The Bertz CT molecular complexity index is 1450. The van der Waals surface area contributed by atoms with Gasteiger partial charge in [-0.25, -0.2) is 9.78 Å². The van der Waals surface area contributed by atoms with Gasteiger partial charge in [-0.2, -0.15) is 0 Å². The molecule has 1 fully saturated rings. The summed E-state index contributed by atoms with van der Waals surface area (Å²) in [5.41, 5.74) is 4.37. The third-order valence-corrected chi connectivity index (χ3v) is 7.69. The van der Waals surface area contributed by atoms with Crippen LogP contribution in [0.4, 0.5) is 4.79 Å². The number of aromatic nitrogens is 2. The van der Waals surface area contributed by atoms with E-state index in [1.54, 1.807) is 31.7 Å². The van der Waals surface area contributed by atoms with Gasteiger partial charge in [0.2, 0.25) is 0 Å². The van der Waals surface area contributed by atoms with Gasteiger partial charge in [0.05, 0.1) is 6.04 Å². The number of ether oxygens (including phenoxy) is 1. The molecule has 1 saturated heterocycles. The van der Waals surface area contributed by atoms with E-state index in [-0.39, 0.29) is 24.1 Å². The van der Waals surface area contributed by atoms with Crippen LogP contribution in [0.15, 0.2) is 54.0 Å². The van der Waals surface area contributed by atoms with Gasteiger partial charge >= 0.3 is 6.09 Å². The van der Waals surface area contributed by atoms with E-state index in [2.05, 4.69) is 26.1 Å². The van der Waals surface area contributed by atoms with E-state index in [4.69, 9.17) is 4.74 Å². The van der Waals surface area contributed by atoms with Crippen molar-refractivity contribution in [2.75, 3.05) is 6.54 Å². The third-order valence-electron chi connectivity index (χ3n) is 6.62. The minimum atomic E-state index is -1.66. The largest absolute Gasteiger partial charge is 0.433 e. The first kappa shape index (κ1) is 30.6. The van der Waals surface area contributed by atoms with Gasteiger partial charge in [0.15, 0.2) is 5.60 Å². The summed E-state index contributed by atoms with van der Waals surface area (Å²) in [6.45, 7) is 9.35. The number of benzene rings is 1. The Morgan fingerprint density at radius 1 is 1.07 bits per heavy atom. The van der Waals surface area contributed by atoms with Crippen molar-refractivity contribution in [3.8, 4) is 0 Å². The highest BCUT2D eigenvalue weighted by Crippen LogP contribution is 2.34. The van der Waals surface area contributed by atoms with Crippen LogP contribution in [0.1, 0.15) is 83.7 Å². The number of alkyl carbamates (subject to hydrolysis) is 1. The van der Waals surface area contributed by atoms with Crippen molar-refractivity contribution in [3.05, 3.63) is 81.6 Å². The highest BCUT2D eigenvalue weighted by atomic mass is 32.1. The Kier molecular flexibility index (Phi) is 9.25. The predicted molar refractivity (Wildman–Crippen MR) is 158 cm³/mol. The molecule has 3 aromatic rings. The number of carbonyl (C=O) groups excluding carboxylic acids is 4. The summed E-state index contributed by atoms with van der Waals surface area (Å²) in [7, 11) is 0. The number of nitrogens with one attached hydrogen (secondary N) is 3. The minimum absolute atomic E-state index is 0.0573. The summed E-state index contributed by atoms with van der Waals surface area (Å²) in [6, 6.07) is 11.9. The number of thiazole rings is 1. The van der Waals surface area contributed by atoms with Crippen molar-refractivity contribution < 1.29 is 23.9 Å². The maximum atomic E-state index is 13.4. The van der Waals surface area contributed by atoms with Crippen molar-refractivity contribution in [3.63, 3.8) is 0 Å². The molecule has 0 aliphatic carbocycles. The number of amides is 4. The first-order valence-electron chi connectivity index (χ1n) is 13.7. The monoisotopic (exact) mass is 592 g/mol. The molecule has 0 spiro atoms. The lowest BCUT2D eigenvalue weighted by atomic mass is 9.95. The predicted octanol–water partition coefficient (Wildman–Crippen LogP) is 4.11. The zero-order valence-electron chi connectivity index (χ0n) is 24.4. The van der Waals surface area contributed by atoms with E-state index in [1.165, 1.54) is 30.5 Å². The van der Waals surface area contributed by atoms with E-state index in [0.29, 0.717) is 12.1 Å². The summed E-state index contributed by atoms with van der Waals surface area (Å²) < 4.78 is 5.59. The maximum absolute atomic E-state index is 13.4. The van der Waals surface area contributed by atoms with Crippen molar-refractivity contribution in [1.29, 1.82) is 0 Å². The van der Waals surface area contributed by atoms with Crippen LogP contribution < -0.4 is 16.2 Å². The highest BCUT2D eigenvalue weighted by molar-refractivity contribution is 7.09. The second-order valence-electron chi connectivity index (χ2n) is 11.5. The van der Waals surface area contributed by atoms with Gasteiger partial charge < -0.3 is 15.0 Å². The number of likely N-dealkylation sites (tertiary alicyclic amines) is 1. The lowest BCUT2D eigenvalue weighted by molar-refractivity contribution is -0.139. The van der Waals surface area contributed by atoms with Crippen molar-refractivity contribution in [2.24, 2.45) is 0 Å². The van der Waals surface area contributed by atoms with Crippen molar-refractivity contribution >= 4 is 35.2 Å². The van der Waals surface area contributed by atoms with Crippen LogP contribution in [0, 0.1) is 6.92 Å². The summed E-state index contributed by atoms with van der Waals surface area (Å²) in [6.07, 6.45) is 2.34. The molecule has 2 atom stereocenters. The first-order valence-corrected chi connectivity index (χ1v) is 14.6. The van der Waals surface area contributed by atoms with Crippen LogP contribution in [-0.4, -0.2) is 56.4 Å². The van der Waals surface area contributed by atoms with E-state index in [0.717, 1.165) is 29.1 Å². The molecule has 2 aromatic heterocycles. The molecule has 0 radical (unpaired) electrons. The zero-order valence-corrected chi connectivity index (χ0v) is 25.2. The molecule has 0 unspecified atom stereocenters. The number of rotatable bonds is 7. The quantitative estimate of drug-likeness (QED) is 0.351. The van der Waals surface area contributed by atoms with Crippen LogP contribution in [0.2, 0.25) is 0 Å². The molecular formula is C30H36N6O5S. The number of aryl methyl sites for hydroxylation is 1. The van der Waals surface area contributed by atoms with Gasteiger partial charge in [-0.3, -0.25) is 30.2 Å². The van der Waals surface area contributed by atoms with Gasteiger partial charge in [-0.15, -0.1) is 11.3 Å². The smallest absolute Gasteiger partial charge is 0.408 e. The normalized spacial score (nSPS) is 16.3. The van der Waals surface area contributed by atoms with Crippen LogP contribution in [0.3, 0.4) is 0 Å². The molecule has 42 heavy (non-hydrogen) atoms. The molecule has 1 aliphatic rings. The first-order chi connectivity index (χ1) is 19.8. The van der Waals surface area contributed by atoms with Gasteiger partial charge in [0, 0.05) is 41.3 Å². The lowest BCUT2D eigenvalue weighted by Gasteiger charge is -2.30. The molecule has 222 valence electrons. The highest BCUT2D eigenvalue weighted by Gasteiger charge is 2.39. The molecule has 3 N–H and O–H groups in total. The van der Waals surface area contributed by atoms with Crippen molar-refractivity contribution in [1.82, 2.24) is 31.0 Å². The van der Waals surface area contributed by atoms with E-state index >= 15 is 0 Å². The topological polar surface area (TPSA) is 143 Å². The Morgan fingerprint density at radius 3 is 2.48 bits per heavy atom. The number of carbonyl (C=O) groups is 4. The molecule has 0 bridgehead atoms. The fraction of sp³-hybridized carbons (Fsp3) is 0.400. The number of pyridine rings is 1. The van der Waals surface area contributed by atoms with Gasteiger partial charge in [0.1, 0.15) is 10.7 Å². The van der Waals surface area contributed by atoms with Crippen LogP contribution in [0.25, 0.3) is 0 Å². The van der Waals surface area contributed by atoms with Crippen LogP contribution >= 0.6 is 11.3 Å². The van der Waals surface area contributed by atoms with Crippen molar-refractivity contribution in [2.45, 2.75) is 71.1 Å². The number of nitrogens with zero attached hydrogens (tertiary/aromatic N) is 3. The SMILES string of the molecule is Cc1csc([C@H]2CCCN2C(=O)c2ccnc(C(=O)NNC(=O)[C@@](C)(Cc3ccccc3)OC(=O)NC(C)(C)C)c2)n1. The average Bonchev–Trinajstić information content (AvgIpc) is 3.59. The molecule has 1 aliphatic heterocycles. The Balaban J connectivity index is 1.45. The molecular weight excluding hydrogens is 556 g/mol. The molecule has 11 nitrogen and oxygen atoms in total. The summed E-state index contributed by atoms with van der Waals surface area (Å²) in [4.78, 5) is 62.7.